The molecule has 0 radical (unpaired) electrons. The maximum Gasteiger partial charge on any atom is 0.141 e. The van der Waals surface area contributed by atoms with Gasteiger partial charge in [0.15, 0.2) is 0 Å². The molecular formula is C11H17N5S. The van der Waals surface area contributed by atoms with E-state index in [1.807, 2.05) is 11.6 Å². The molecule has 17 heavy (non-hydrogen) atoms. The van der Waals surface area contributed by atoms with Gasteiger partial charge in [0.1, 0.15) is 17.2 Å². The molecule has 92 valence electrons. The van der Waals surface area contributed by atoms with E-state index in [0.29, 0.717) is 6.04 Å². The van der Waals surface area contributed by atoms with Gasteiger partial charge >= 0.3 is 0 Å². The Morgan fingerprint density at radius 1 is 1.41 bits per heavy atom. The molecule has 5 nitrogen and oxygen atoms in total. The third-order valence-corrected chi connectivity index (χ3v) is 3.33. The van der Waals surface area contributed by atoms with E-state index in [-0.39, 0.29) is 0 Å². The van der Waals surface area contributed by atoms with Crippen molar-refractivity contribution in [3.05, 3.63) is 28.2 Å². The molecule has 2 aromatic heterocycles. The summed E-state index contributed by atoms with van der Waals surface area (Å²) in [6.07, 6.45) is 1.60. The summed E-state index contributed by atoms with van der Waals surface area (Å²) in [4.78, 5) is 8.65. The van der Waals surface area contributed by atoms with Gasteiger partial charge in [0.25, 0.3) is 0 Å². The minimum absolute atomic E-state index is 0.344. The average molecular weight is 251 g/mol. The van der Waals surface area contributed by atoms with Gasteiger partial charge in [0.2, 0.25) is 0 Å². The van der Waals surface area contributed by atoms with E-state index >= 15 is 0 Å². The maximum atomic E-state index is 4.40. The van der Waals surface area contributed by atoms with Crippen LogP contribution in [0, 0.1) is 6.92 Å². The van der Waals surface area contributed by atoms with Crippen molar-refractivity contribution in [3.8, 4) is 0 Å². The summed E-state index contributed by atoms with van der Waals surface area (Å²) in [7, 11) is 0. The summed E-state index contributed by atoms with van der Waals surface area (Å²) in [5, 5.41) is 10.7. The summed E-state index contributed by atoms with van der Waals surface area (Å²) in [5.41, 5.74) is 1.08. The molecule has 0 fully saturated rings. The quantitative estimate of drug-likeness (QED) is 0.882. The van der Waals surface area contributed by atoms with Crippen LogP contribution in [0.1, 0.15) is 36.4 Å². The van der Waals surface area contributed by atoms with Crippen LogP contribution < -0.4 is 5.32 Å². The number of rotatable bonds is 5. The second-order valence-corrected chi connectivity index (χ2v) is 5.14. The summed E-state index contributed by atoms with van der Waals surface area (Å²) in [6, 6.07) is 0.344. The Hall–Kier alpha value is -1.27. The van der Waals surface area contributed by atoms with E-state index in [0.717, 1.165) is 29.6 Å². The molecule has 1 N–H and O–H groups in total. The largest absolute Gasteiger partial charge is 0.303 e. The smallest absolute Gasteiger partial charge is 0.141 e. The van der Waals surface area contributed by atoms with E-state index in [1.165, 1.54) is 0 Å². The topological polar surface area (TPSA) is 55.6 Å². The van der Waals surface area contributed by atoms with Crippen molar-refractivity contribution < 1.29 is 0 Å². The van der Waals surface area contributed by atoms with Gasteiger partial charge in [-0.15, -0.1) is 11.3 Å². The molecule has 0 unspecified atom stereocenters. The van der Waals surface area contributed by atoms with Crippen LogP contribution in [0.4, 0.5) is 0 Å². The van der Waals surface area contributed by atoms with Gasteiger partial charge in [-0.3, -0.25) is 0 Å². The van der Waals surface area contributed by atoms with E-state index in [4.69, 9.17) is 0 Å². The fourth-order valence-corrected chi connectivity index (χ4v) is 2.34. The molecule has 2 aromatic rings. The molecule has 0 aromatic carbocycles. The van der Waals surface area contributed by atoms with Crippen LogP contribution in [0.15, 0.2) is 11.7 Å². The van der Waals surface area contributed by atoms with Crippen molar-refractivity contribution >= 4 is 11.3 Å². The van der Waals surface area contributed by atoms with Crippen LogP contribution in [0.2, 0.25) is 0 Å². The molecule has 2 rings (SSSR count). The third kappa shape index (κ3) is 3.10. The second kappa shape index (κ2) is 5.37. The Balaban J connectivity index is 1.88. The zero-order chi connectivity index (χ0) is 12.3. The normalized spacial score (nSPS) is 11.3. The highest BCUT2D eigenvalue weighted by atomic mass is 32.1. The first-order chi connectivity index (χ1) is 8.16. The lowest BCUT2D eigenvalue weighted by molar-refractivity contribution is 0.489. The van der Waals surface area contributed by atoms with Crippen molar-refractivity contribution in [2.45, 2.75) is 39.9 Å². The second-order valence-electron chi connectivity index (χ2n) is 4.20. The van der Waals surface area contributed by atoms with Gasteiger partial charge in [-0.2, -0.15) is 5.10 Å². The Bertz CT molecular complexity index is 474. The average Bonchev–Trinajstić information content (AvgIpc) is 2.87. The number of hydrogen-bond donors (Lipinski definition) is 1. The molecule has 0 aliphatic rings. The summed E-state index contributed by atoms with van der Waals surface area (Å²) in [5.74, 6) is 0.966. The summed E-state index contributed by atoms with van der Waals surface area (Å²) in [6.45, 7) is 7.71. The van der Waals surface area contributed by atoms with Crippen LogP contribution in [0.5, 0.6) is 0 Å². The van der Waals surface area contributed by atoms with E-state index in [2.05, 4.69) is 39.6 Å². The predicted octanol–water partition coefficient (Wildman–Crippen LogP) is 1.91. The van der Waals surface area contributed by atoms with Crippen molar-refractivity contribution in [2.24, 2.45) is 0 Å². The monoisotopic (exact) mass is 251 g/mol. The standard InChI is InChI=1S/C11H17N5S/c1-8(2)16-10(13-7-14-16)4-12-5-11-15-9(3)6-17-11/h6-8,12H,4-5H2,1-3H3. The van der Waals surface area contributed by atoms with Crippen LogP contribution >= 0.6 is 11.3 Å². The number of nitrogens with zero attached hydrogens (tertiary/aromatic N) is 4. The third-order valence-electron chi connectivity index (χ3n) is 2.36. The molecule has 2 heterocycles. The van der Waals surface area contributed by atoms with Crippen LogP contribution in [0.3, 0.4) is 0 Å². The Labute approximate surface area is 105 Å². The Kier molecular flexibility index (Phi) is 3.86. The molecule has 0 aliphatic carbocycles. The van der Waals surface area contributed by atoms with Crippen molar-refractivity contribution in [2.75, 3.05) is 0 Å². The fourth-order valence-electron chi connectivity index (χ4n) is 1.60. The van der Waals surface area contributed by atoms with Crippen LogP contribution in [0.25, 0.3) is 0 Å². The molecule has 0 atom stereocenters. The first kappa shape index (κ1) is 12.2. The highest BCUT2D eigenvalue weighted by molar-refractivity contribution is 7.09. The minimum Gasteiger partial charge on any atom is -0.303 e. The number of hydrogen-bond acceptors (Lipinski definition) is 5. The van der Waals surface area contributed by atoms with Crippen LogP contribution in [-0.4, -0.2) is 19.7 Å². The minimum atomic E-state index is 0.344. The summed E-state index contributed by atoms with van der Waals surface area (Å²) < 4.78 is 1.93. The van der Waals surface area contributed by atoms with Crippen molar-refractivity contribution in [1.29, 1.82) is 0 Å². The molecule has 0 spiro atoms. The van der Waals surface area contributed by atoms with Gasteiger partial charge < -0.3 is 5.32 Å². The molecule has 0 saturated heterocycles. The van der Waals surface area contributed by atoms with Gasteiger partial charge in [-0.25, -0.2) is 14.6 Å². The lowest BCUT2D eigenvalue weighted by Crippen LogP contribution is -2.18. The maximum absolute atomic E-state index is 4.40. The number of thiazole rings is 1. The molecule has 6 heteroatoms. The number of nitrogens with one attached hydrogen (secondary N) is 1. The van der Waals surface area contributed by atoms with E-state index in [1.54, 1.807) is 17.7 Å². The zero-order valence-corrected chi connectivity index (χ0v) is 11.2. The van der Waals surface area contributed by atoms with Crippen molar-refractivity contribution in [3.63, 3.8) is 0 Å². The lowest BCUT2D eigenvalue weighted by atomic mass is 10.4. The molecule has 0 amide bonds. The summed E-state index contributed by atoms with van der Waals surface area (Å²) >= 11 is 1.68. The molecule has 0 bridgehead atoms. The first-order valence-corrected chi connectivity index (χ1v) is 6.55. The molecule has 0 saturated carbocycles. The van der Waals surface area contributed by atoms with E-state index in [9.17, 15) is 0 Å². The first-order valence-electron chi connectivity index (χ1n) is 5.67. The van der Waals surface area contributed by atoms with E-state index < -0.39 is 0 Å². The molecule has 0 aliphatic heterocycles. The Morgan fingerprint density at radius 2 is 2.24 bits per heavy atom. The number of aromatic nitrogens is 4. The predicted molar refractivity (Wildman–Crippen MR) is 67.8 cm³/mol. The van der Waals surface area contributed by atoms with Crippen LogP contribution in [-0.2, 0) is 13.1 Å². The highest BCUT2D eigenvalue weighted by Gasteiger charge is 2.07. The lowest BCUT2D eigenvalue weighted by Gasteiger charge is -2.09. The van der Waals surface area contributed by atoms with Gasteiger partial charge in [-0.05, 0) is 20.8 Å². The highest BCUT2D eigenvalue weighted by Crippen LogP contribution is 2.09. The zero-order valence-electron chi connectivity index (χ0n) is 10.3. The van der Waals surface area contributed by atoms with Gasteiger partial charge in [0.05, 0.1) is 6.54 Å². The van der Waals surface area contributed by atoms with Gasteiger partial charge in [-0.1, -0.05) is 0 Å². The number of aryl methyl sites for hydroxylation is 1. The Morgan fingerprint density at radius 3 is 2.88 bits per heavy atom. The molecular weight excluding hydrogens is 234 g/mol. The van der Waals surface area contributed by atoms with Crippen molar-refractivity contribution in [1.82, 2.24) is 25.1 Å². The SMILES string of the molecule is Cc1csc(CNCc2ncnn2C(C)C)n1. The van der Waals surface area contributed by atoms with Gasteiger partial charge in [0, 0.05) is 23.7 Å². The fraction of sp³-hybridized carbons (Fsp3) is 0.545.